The Morgan fingerprint density at radius 2 is 1.91 bits per heavy atom. The molecule has 2 aromatic heterocycles. The first-order valence-corrected chi connectivity index (χ1v) is 8.58. The van der Waals surface area contributed by atoms with Gasteiger partial charge >= 0.3 is 0 Å². The Labute approximate surface area is 137 Å². The van der Waals surface area contributed by atoms with E-state index in [1.165, 1.54) is 18.4 Å². The standard InChI is InChI=1S/C18H23N5/c1-2-14-11-20-18(21-12-14)23-10-7-15-6-9-22(13-16(15)23)17-5-3-4-8-19-17/h3-5,8,11-12,15-16H,2,6-7,9-10,13H2,1H3. The van der Waals surface area contributed by atoms with Gasteiger partial charge in [0.2, 0.25) is 5.95 Å². The lowest BCUT2D eigenvalue weighted by molar-refractivity contribution is 0.387. The van der Waals surface area contributed by atoms with Crippen LogP contribution in [0, 0.1) is 5.92 Å². The number of rotatable bonds is 3. The highest BCUT2D eigenvalue weighted by molar-refractivity contribution is 5.42. The van der Waals surface area contributed by atoms with E-state index in [1.807, 2.05) is 24.7 Å². The van der Waals surface area contributed by atoms with E-state index in [9.17, 15) is 0 Å². The van der Waals surface area contributed by atoms with Crippen molar-refractivity contribution in [2.45, 2.75) is 32.2 Å². The van der Waals surface area contributed by atoms with Crippen LogP contribution >= 0.6 is 0 Å². The highest BCUT2D eigenvalue weighted by atomic mass is 15.3. The quantitative estimate of drug-likeness (QED) is 0.872. The van der Waals surface area contributed by atoms with E-state index in [0.717, 1.165) is 43.7 Å². The maximum atomic E-state index is 4.60. The molecule has 4 rings (SSSR count). The van der Waals surface area contributed by atoms with Gasteiger partial charge < -0.3 is 9.80 Å². The molecule has 2 aromatic rings. The van der Waals surface area contributed by atoms with Crippen molar-refractivity contribution in [3.63, 3.8) is 0 Å². The van der Waals surface area contributed by atoms with Crippen LogP contribution in [0.1, 0.15) is 25.3 Å². The molecule has 0 radical (unpaired) electrons. The normalized spacial score (nSPS) is 23.9. The molecule has 5 nitrogen and oxygen atoms in total. The van der Waals surface area contributed by atoms with Crippen LogP contribution in [0.5, 0.6) is 0 Å². The van der Waals surface area contributed by atoms with Crippen molar-refractivity contribution in [2.75, 3.05) is 29.4 Å². The summed E-state index contributed by atoms with van der Waals surface area (Å²) in [7, 11) is 0. The van der Waals surface area contributed by atoms with Crippen LogP contribution in [-0.4, -0.2) is 40.6 Å². The second-order valence-electron chi connectivity index (χ2n) is 6.48. The average Bonchev–Trinajstić information content (AvgIpc) is 3.05. The van der Waals surface area contributed by atoms with E-state index < -0.39 is 0 Å². The second-order valence-corrected chi connectivity index (χ2v) is 6.48. The largest absolute Gasteiger partial charge is 0.355 e. The predicted octanol–water partition coefficient (Wildman–Crippen LogP) is 2.54. The molecule has 2 aliphatic rings. The zero-order valence-corrected chi connectivity index (χ0v) is 13.6. The van der Waals surface area contributed by atoms with E-state index in [0.29, 0.717) is 6.04 Å². The van der Waals surface area contributed by atoms with Crippen molar-refractivity contribution >= 4 is 11.8 Å². The van der Waals surface area contributed by atoms with Crippen molar-refractivity contribution in [3.8, 4) is 0 Å². The van der Waals surface area contributed by atoms with Gasteiger partial charge in [0, 0.05) is 38.2 Å². The summed E-state index contributed by atoms with van der Waals surface area (Å²) in [6, 6.07) is 6.64. The van der Waals surface area contributed by atoms with Crippen molar-refractivity contribution in [1.82, 2.24) is 15.0 Å². The summed E-state index contributed by atoms with van der Waals surface area (Å²) < 4.78 is 0. The Morgan fingerprint density at radius 3 is 2.65 bits per heavy atom. The molecule has 120 valence electrons. The summed E-state index contributed by atoms with van der Waals surface area (Å²) in [5.41, 5.74) is 1.20. The minimum Gasteiger partial charge on any atom is -0.355 e. The fourth-order valence-electron chi connectivity index (χ4n) is 3.82. The van der Waals surface area contributed by atoms with Crippen molar-refractivity contribution in [3.05, 3.63) is 42.4 Å². The third kappa shape index (κ3) is 2.76. The van der Waals surface area contributed by atoms with Gasteiger partial charge in [-0.2, -0.15) is 0 Å². The number of hydrogen-bond donors (Lipinski definition) is 0. The lowest BCUT2D eigenvalue weighted by Crippen LogP contribution is -2.49. The first kappa shape index (κ1) is 14.4. The van der Waals surface area contributed by atoms with Crippen LogP contribution < -0.4 is 9.80 Å². The summed E-state index contributed by atoms with van der Waals surface area (Å²) in [5, 5.41) is 0. The fourth-order valence-corrected chi connectivity index (χ4v) is 3.82. The van der Waals surface area contributed by atoms with Gasteiger partial charge in [-0.25, -0.2) is 15.0 Å². The fraction of sp³-hybridized carbons (Fsp3) is 0.500. The Morgan fingerprint density at radius 1 is 1.09 bits per heavy atom. The molecule has 0 aromatic carbocycles. The third-order valence-electron chi connectivity index (χ3n) is 5.19. The molecule has 2 atom stereocenters. The van der Waals surface area contributed by atoms with Gasteiger partial charge in [0.05, 0.1) is 6.04 Å². The maximum Gasteiger partial charge on any atom is 0.225 e. The van der Waals surface area contributed by atoms with Gasteiger partial charge in [0.1, 0.15) is 5.82 Å². The molecule has 2 fully saturated rings. The molecular formula is C18H23N5. The van der Waals surface area contributed by atoms with Crippen molar-refractivity contribution in [2.24, 2.45) is 5.92 Å². The molecular weight excluding hydrogens is 286 g/mol. The summed E-state index contributed by atoms with van der Waals surface area (Å²) in [4.78, 5) is 18.5. The van der Waals surface area contributed by atoms with Crippen LogP contribution in [0.25, 0.3) is 0 Å². The molecule has 0 saturated carbocycles. The predicted molar refractivity (Wildman–Crippen MR) is 91.7 cm³/mol. The maximum absolute atomic E-state index is 4.60. The summed E-state index contributed by atoms with van der Waals surface area (Å²) in [5.74, 6) is 2.72. The summed E-state index contributed by atoms with van der Waals surface area (Å²) in [6.45, 7) is 5.31. The van der Waals surface area contributed by atoms with Gasteiger partial charge in [-0.1, -0.05) is 13.0 Å². The van der Waals surface area contributed by atoms with E-state index in [1.54, 1.807) is 0 Å². The molecule has 0 aliphatic carbocycles. The summed E-state index contributed by atoms with van der Waals surface area (Å²) >= 11 is 0. The molecule has 0 bridgehead atoms. The molecule has 2 saturated heterocycles. The number of anilines is 2. The zero-order valence-electron chi connectivity index (χ0n) is 13.6. The second kappa shape index (κ2) is 6.14. The number of nitrogens with zero attached hydrogens (tertiary/aromatic N) is 5. The smallest absolute Gasteiger partial charge is 0.225 e. The zero-order chi connectivity index (χ0) is 15.6. The molecule has 0 N–H and O–H groups in total. The van der Waals surface area contributed by atoms with Gasteiger partial charge in [-0.3, -0.25) is 0 Å². The molecule has 5 heteroatoms. The van der Waals surface area contributed by atoms with Crippen LogP contribution in [0.3, 0.4) is 0 Å². The molecule has 0 spiro atoms. The Bertz CT molecular complexity index is 642. The van der Waals surface area contributed by atoms with Crippen LogP contribution in [-0.2, 0) is 6.42 Å². The van der Waals surface area contributed by atoms with Gasteiger partial charge in [0.25, 0.3) is 0 Å². The highest BCUT2D eigenvalue weighted by Gasteiger charge is 2.39. The minimum absolute atomic E-state index is 0.498. The lowest BCUT2D eigenvalue weighted by Gasteiger charge is -2.39. The van der Waals surface area contributed by atoms with E-state index in [-0.39, 0.29) is 0 Å². The summed E-state index contributed by atoms with van der Waals surface area (Å²) in [6.07, 6.45) is 9.27. The monoisotopic (exact) mass is 309 g/mol. The Hall–Kier alpha value is -2.17. The number of pyridine rings is 1. The number of hydrogen-bond acceptors (Lipinski definition) is 5. The SMILES string of the molecule is CCc1cnc(N2CCC3CCN(c4ccccn4)CC32)nc1. The van der Waals surface area contributed by atoms with Crippen LogP contribution in [0.2, 0.25) is 0 Å². The van der Waals surface area contributed by atoms with Gasteiger partial charge in [-0.05, 0) is 42.9 Å². The lowest BCUT2D eigenvalue weighted by atomic mass is 9.92. The van der Waals surface area contributed by atoms with Crippen molar-refractivity contribution < 1.29 is 0 Å². The minimum atomic E-state index is 0.498. The molecule has 2 aliphatic heterocycles. The van der Waals surface area contributed by atoms with E-state index in [2.05, 4.69) is 43.8 Å². The topological polar surface area (TPSA) is 45.2 Å². The first-order valence-electron chi connectivity index (χ1n) is 8.58. The Balaban J connectivity index is 1.54. The number of aryl methyl sites for hydroxylation is 1. The Kier molecular flexibility index (Phi) is 3.85. The van der Waals surface area contributed by atoms with Crippen LogP contribution in [0.4, 0.5) is 11.8 Å². The molecule has 4 heterocycles. The highest BCUT2D eigenvalue weighted by Crippen LogP contribution is 2.34. The van der Waals surface area contributed by atoms with E-state index >= 15 is 0 Å². The van der Waals surface area contributed by atoms with Crippen molar-refractivity contribution in [1.29, 1.82) is 0 Å². The van der Waals surface area contributed by atoms with Gasteiger partial charge in [0.15, 0.2) is 0 Å². The number of piperidine rings is 1. The van der Waals surface area contributed by atoms with E-state index in [4.69, 9.17) is 0 Å². The third-order valence-corrected chi connectivity index (χ3v) is 5.19. The average molecular weight is 309 g/mol. The first-order chi connectivity index (χ1) is 11.3. The molecule has 0 amide bonds. The molecule has 23 heavy (non-hydrogen) atoms. The molecule has 2 unspecified atom stereocenters. The van der Waals surface area contributed by atoms with Crippen LogP contribution in [0.15, 0.2) is 36.8 Å². The number of fused-ring (bicyclic) bond motifs is 1. The number of aromatic nitrogens is 3. The van der Waals surface area contributed by atoms with Gasteiger partial charge in [-0.15, -0.1) is 0 Å².